The van der Waals surface area contributed by atoms with Crippen molar-refractivity contribution in [3.8, 4) is 11.8 Å². The van der Waals surface area contributed by atoms with Crippen LogP contribution >= 0.6 is 0 Å². The second-order valence-corrected chi connectivity index (χ2v) is 6.51. The van der Waals surface area contributed by atoms with E-state index in [2.05, 4.69) is 73.4 Å². The van der Waals surface area contributed by atoms with Crippen molar-refractivity contribution < 1.29 is 0 Å². The first-order valence-electron chi connectivity index (χ1n) is 9.29. The largest absolute Gasteiger partial charge is 0.0978 e. The van der Waals surface area contributed by atoms with Crippen molar-refractivity contribution in [3.63, 3.8) is 0 Å². The van der Waals surface area contributed by atoms with Crippen molar-refractivity contribution in [3.05, 3.63) is 60.2 Å². The van der Waals surface area contributed by atoms with Crippen LogP contribution in [-0.2, 0) is 0 Å². The molecular weight excluding hydrogens is 288 g/mol. The van der Waals surface area contributed by atoms with Gasteiger partial charge in [0.15, 0.2) is 0 Å². The Morgan fingerprint density at radius 2 is 1.29 bits per heavy atom. The molecular formula is C24H26. The van der Waals surface area contributed by atoms with Gasteiger partial charge in [0.2, 0.25) is 0 Å². The molecule has 0 bridgehead atoms. The summed E-state index contributed by atoms with van der Waals surface area (Å²) in [6.07, 6.45) is 8.94. The zero-order valence-electron chi connectivity index (χ0n) is 14.6. The first kappa shape index (κ1) is 16.6. The van der Waals surface area contributed by atoms with Crippen LogP contribution in [0.2, 0.25) is 0 Å². The minimum Gasteiger partial charge on any atom is -0.0978 e. The van der Waals surface area contributed by atoms with Crippen molar-refractivity contribution in [2.24, 2.45) is 0 Å². The molecule has 0 aliphatic carbocycles. The summed E-state index contributed by atoms with van der Waals surface area (Å²) in [6.45, 7) is 2.26. The zero-order valence-corrected chi connectivity index (χ0v) is 14.6. The third kappa shape index (κ3) is 3.98. The molecule has 0 aromatic heterocycles. The van der Waals surface area contributed by atoms with Gasteiger partial charge in [-0.05, 0) is 34.0 Å². The van der Waals surface area contributed by atoms with E-state index in [0.29, 0.717) is 0 Å². The molecule has 0 aliphatic rings. The molecule has 0 saturated carbocycles. The summed E-state index contributed by atoms with van der Waals surface area (Å²) in [5.41, 5.74) is 1.19. The predicted molar refractivity (Wildman–Crippen MR) is 106 cm³/mol. The topological polar surface area (TPSA) is 0 Å². The fraction of sp³-hybridized carbons (Fsp3) is 0.333. The van der Waals surface area contributed by atoms with E-state index < -0.39 is 0 Å². The van der Waals surface area contributed by atoms with Crippen molar-refractivity contribution in [1.29, 1.82) is 0 Å². The van der Waals surface area contributed by atoms with Gasteiger partial charge in [-0.25, -0.2) is 0 Å². The Morgan fingerprint density at radius 1 is 0.708 bits per heavy atom. The van der Waals surface area contributed by atoms with E-state index >= 15 is 0 Å². The summed E-state index contributed by atoms with van der Waals surface area (Å²) < 4.78 is 0. The normalized spacial score (nSPS) is 10.7. The van der Waals surface area contributed by atoms with Crippen molar-refractivity contribution in [2.45, 2.75) is 51.9 Å². The van der Waals surface area contributed by atoms with Gasteiger partial charge in [-0.15, -0.1) is 0 Å². The average molecular weight is 314 g/mol. The maximum absolute atomic E-state index is 3.48. The quantitative estimate of drug-likeness (QED) is 0.259. The third-order valence-corrected chi connectivity index (χ3v) is 4.64. The SMILES string of the molecule is CCCCCCCCC#Cc1c2ccccc2cc2ccccc12. The van der Waals surface area contributed by atoms with Crippen LogP contribution < -0.4 is 0 Å². The van der Waals surface area contributed by atoms with E-state index in [9.17, 15) is 0 Å². The highest BCUT2D eigenvalue weighted by Crippen LogP contribution is 2.27. The molecule has 24 heavy (non-hydrogen) atoms. The summed E-state index contributed by atoms with van der Waals surface area (Å²) in [7, 11) is 0. The number of benzene rings is 3. The fourth-order valence-electron chi connectivity index (χ4n) is 3.29. The lowest BCUT2D eigenvalue weighted by Gasteiger charge is -2.06. The van der Waals surface area contributed by atoms with Gasteiger partial charge in [-0.2, -0.15) is 0 Å². The molecule has 0 unspecified atom stereocenters. The Morgan fingerprint density at radius 3 is 1.96 bits per heavy atom. The van der Waals surface area contributed by atoms with E-state index in [1.54, 1.807) is 0 Å². The van der Waals surface area contributed by atoms with Gasteiger partial charge in [-0.3, -0.25) is 0 Å². The fourth-order valence-corrected chi connectivity index (χ4v) is 3.29. The zero-order chi connectivity index (χ0) is 16.6. The number of unbranched alkanes of at least 4 members (excludes halogenated alkanes) is 6. The molecule has 0 aliphatic heterocycles. The number of hydrogen-bond donors (Lipinski definition) is 0. The summed E-state index contributed by atoms with van der Waals surface area (Å²) in [5.74, 6) is 6.91. The molecule has 0 fully saturated rings. The lowest BCUT2D eigenvalue weighted by Crippen LogP contribution is -1.84. The summed E-state index contributed by atoms with van der Waals surface area (Å²) in [4.78, 5) is 0. The smallest absolute Gasteiger partial charge is 0.0402 e. The first-order valence-corrected chi connectivity index (χ1v) is 9.29. The van der Waals surface area contributed by atoms with Crippen molar-refractivity contribution in [2.75, 3.05) is 0 Å². The van der Waals surface area contributed by atoms with Crippen molar-refractivity contribution in [1.82, 2.24) is 0 Å². The van der Waals surface area contributed by atoms with Crippen LogP contribution in [0.1, 0.15) is 57.4 Å². The molecule has 0 heteroatoms. The Bertz CT molecular complexity index is 807. The van der Waals surface area contributed by atoms with Crippen LogP contribution in [0.15, 0.2) is 54.6 Å². The second kappa shape index (κ2) is 8.55. The molecule has 3 aromatic carbocycles. The van der Waals surface area contributed by atoms with E-state index in [0.717, 1.165) is 6.42 Å². The van der Waals surface area contributed by atoms with Crippen LogP contribution in [0.4, 0.5) is 0 Å². The van der Waals surface area contributed by atoms with Gasteiger partial charge in [0.25, 0.3) is 0 Å². The lowest BCUT2D eigenvalue weighted by molar-refractivity contribution is 0.614. The van der Waals surface area contributed by atoms with E-state index in [4.69, 9.17) is 0 Å². The van der Waals surface area contributed by atoms with Gasteiger partial charge in [-0.1, -0.05) is 99.4 Å². The highest BCUT2D eigenvalue weighted by molar-refractivity contribution is 6.04. The Hall–Kier alpha value is -2.26. The number of hydrogen-bond acceptors (Lipinski definition) is 0. The third-order valence-electron chi connectivity index (χ3n) is 4.64. The number of fused-ring (bicyclic) bond motifs is 2. The van der Waals surface area contributed by atoms with Gasteiger partial charge in [0, 0.05) is 12.0 Å². The first-order chi connectivity index (χ1) is 11.9. The van der Waals surface area contributed by atoms with Gasteiger partial charge in [0.1, 0.15) is 0 Å². The van der Waals surface area contributed by atoms with E-state index in [-0.39, 0.29) is 0 Å². The molecule has 0 saturated heterocycles. The standard InChI is InChI=1S/C24H26/c1-2-3-4-5-6-7-8-9-18-24-22-16-12-10-14-20(22)19-21-15-11-13-17-23(21)24/h10-17,19H,2-8H2,1H3. The Balaban J connectivity index is 1.79. The summed E-state index contributed by atoms with van der Waals surface area (Å²) >= 11 is 0. The van der Waals surface area contributed by atoms with Gasteiger partial charge >= 0.3 is 0 Å². The molecule has 0 atom stereocenters. The molecule has 3 rings (SSSR count). The minimum absolute atomic E-state index is 1.00. The molecule has 3 aromatic rings. The second-order valence-electron chi connectivity index (χ2n) is 6.51. The lowest BCUT2D eigenvalue weighted by atomic mass is 9.97. The minimum atomic E-state index is 1.00. The van der Waals surface area contributed by atoms with Crippen LogP contribution in [-0.4, -0.2) is 0 Å². The highest BCUT2D eigenvalue weighted by Gasteiger charge is 2.04. The summed E-state index contributed by atoms with van der Waals surface area (Å²) in [6, 6.07) is 19.4. The molecule has 0 heterocycles. The predicted octanol–water partition coefficient (Wildman–Crippen LogP) is 7.10. The Kier molecular flexibility index (Phi) is 5.91. The number of rotatable bonds is 6. The summed E-state index contributed by atoms with van der Waals surface area (Å²) in [5, 5.41) is 5.10. The molecule has 0 spiro atoms. The highest BCUT2D eigenvalue weighted by atomic mass is 14.1. The van der Waals surface area contributed by atoms with Crippen LogP contribution in [0.3, 0.4) is 0 Å². The van der Waals surface area contributed by atoms with E-state index in [1.165, 1.54) is 65.6 Å². The monoisotopic (exact) mass is 314 g/mol. The molecule has 0 radical (unpaired) electrons. The van der Waals surface area contributed by atoms with Crippen LogP contribution in [0, 0.1) is 11.8 Å². The van der Waals surface area contributed by atoms with Crippen LogP contribution in [0.5, 0.6) is 0 Å². The average Bonchev–Trinajstić information content (AvgIpc) is 2.63. The maximum Gasteiger partial charge on any atom is 0.0402 e. The van der Waals surface area contributed by atoms with Crippen molar-refractivity contribution >= 4 is 21.5 Å². The molecule has 0 amide bonds. The molecule has 122 valence electrons. The Labute approximate surface area is 145 Å². The maximum atomic E-state index is 3.48. The van der Waals surface area contributed by atoms with Gasteiger partial charge in [0.05, 0.1) is 0 Å². The van der Waals surface area contributed by atoms with Crippen LogP contribution in [0.25, 0.3) is 21.5 Å². The molecule has 0 N–H and O–H groups in total. The van der Waals surface area contributed by atoms with Gasteiger partial charge < -0.3 is 0 Å². The molecule has 0 nitrogen and oxygen atoms in total. The van der Waals surface area contributed by atoms with E-state index in [1.807, 2.05) is 0 Å².